The molecule has 1 fully saturated rings. The highest BCUT2D eigenvalue weighted by molar-refractivity contribution is 6.37. The standard InChI is InChI=1S/C13H14BN3O/c14-13-10-7-9(8-15)4-5-11(10)17(16-13)12-3-1-2-6-18-12/h4-5,7,12H,1-3,6,14H2. The second-order valence-electron chi connectivity index (χ2n) is 4.69. The van der Waals surface area contributed by atoms with Crippen LogP contribution in [0.3, 0.4) is 0 Å². The highest BCUT2D eigenvalue weighted by atomic mass is 16.5. The quantitative estimate of drug-likeness (QED) is 0.693. The van der Waals surface area contributed by atoms with Gasteiger partial charge in [-0.1, -0.05) is 0 Å². The highest BCUT2D eigenvalue weighted by Crippen LogP contribution is 2.25. The van der Waals surface area contributed by atoms with Gasteiger partial charge in [-0.25, -0.2) is 4.68 Å². The third kappa shape index (κ3) is 1.79. The molecule has 18 heavy (non-hydrogen) atoms. The summed E-state index contributed by atoms with van der Waals surface area (Å²) in [5.74, 6) is 0. The Hall–Kier alpha value is -1.80. The maximum Gasteiger partial charge on any atom is 0.167 e. The summed E-state index contributed by atoms with van der Waals surface area (Å²) in [5.41, 5.74) is 2.68. The van der Waals surface area contributed by atoms with Gasteiger partial charge in [-0.3, -0.25) is 0 Å². The van der Waals surface area contributed by atoms with E-state index in [0.29, 0.717) is 5.56 Å². The van der Waals surface area contributed by atoms with Gasteiger partial charge in [-0.2, -0.15) is 10.4 Å². The molecule has 0 bridgehead atoms. The zero-order chi connectivity index (χ0) is 12.5. The Morgan fingerprint density at radius 3 is 3.06 bits per heavy atom. The van der Waals surface area contributed by atoms with E-state index in [1.54, 1.807) is 0 Å². The molecule has 1 unspecified atom stereocenters. The first-order valence-electron chi connectivity index (χ1n) is 6.30. The summed E-state index contributed by atoms with van der Waals surface area (Å²) in [6, 6.07) is 7.87. The molecule has 1 aliphatic rings. The summed E-state index contributed by atoms with van der Waals surface area (Å²) in [7, 11) is 1.98. The molecule has 0 radical (unpaired) electrons. The summed E-state index contributed by atoms with van der Waals surface area (Å²) in [6.45, 7) is 0.807. The number of fused-ring (bicyclic) bond motifs is 1. The molecule has 0 amide bonds. The van der Waals surface area contributed by atoms with Crippen LogP contribution in [0.5, 0.6) is 0 Å². The predicted octanol–water partition coefficient (Wildman–Crippen LogP) is 0.865. The Morgan fingerprint density at radius 1 is 1.44 bits per heavy atom. The van der Waals surface area contributed by atoms with Gasteiger partial charge in [-0.15, -0.1) is 0 Å². The molecule has 3 rings (SSSR count). The van der Waals surface area contributed by atoms with Gasteiger partial charge < -0.3 is 4.74 Å². The van der Waals surface area contributed by atoms with Crippen LogP contribution in [0.2, 0.25) is 0 Å². The Bertz CT molecular complexity index is 623. The van der Waals surface area contributed by atoms with Crippen LogP contribution in [-0.2, 0) is 4.74 Å². The number of hydrogen-bond acceptors (Lipinski definition) is 3. The van der Waals surface area contributed by atoms with Crippen LogP contribution in [0.15, 0.2) is 18.2 Å². The van der Waals surface area contributed by atoms with Crippen LogP contribution >= 0.6 is 0 Å². The lowest BCUT2D eigenvalue weighted by Gasteiger charge is -2.23. The summed E-state index contributed by atoms with van der Waals surface area (Å²) in [6.07, 6.45) is 3.37. The lowest BCUT2D eigenvalue weighted by Crippen LogP contribution is -2.20. The van der Waals surface area contributed by atoms with Crippen LogP contribution in [0, 0.1) is 11.3 Å². The molecule has 1 aliphatic heterocycles. The van der Waals surface area contributed by atoms with E-state index >= 15 is 0 Å². The first-order valence-corrected chi connectivity index (χ1v) is 6.30. The number of benzene rings is 1. The van der Waals surface area contributed by atoms with E-state index in [9.17, 15) is 0 Å². The molecule has 1 aromatic carbocycles. The molecule has 0 spiro atoms. The van der Waals surface area contributed by atoms with Gasteiger partial charge in [0.15, 0.2) is 14.1 Å². The molecule has 2 heterocycles. The fourth-order valence-electron chi connectivity index (χ4n) is 2.50. The molecule has 5 heteroatoms. The van der Waals surface area contributed by atoms with Crippen molar-refractivity contribution in [1.82, 2.24) is 9.78 Å². The molecular formula is C13H14BN3O. The maximum absolute atomic E-state index is 8.94. The van der Waals surface area contributed by atoms with Crippen molar-refractivity contribution in [3.8, 4) is 6.07 Å². The summed E-state index contributed by atoms with van der Waals surface area (Å²) >= 11 is 0. The minimum atomic E-state index is 0.0443. The molecule has 1 saturated heterocycles. The SMILES string of the molecule is Bc1nn(C2CCCCO2)c2ccc(C#N)cc12. The normalized spacial score (nSPS) is 19.8. The van der Waals surface area contributed by atoms with Crippen LogP contribution in [0.4, 0.5) is 0 Å². The van der Waals surface area contributed by atoms with E-state index in [1.807, 2.05) is 30.7 Å². The maximum atomic E-state index is 8.94. The smallest absolute Gasteiger partial charge is 0.167 e. The molecule has 0 N–H and O–H groups in total. The van der Waals surface area contributed by atoms with E-state index < -0.39 is 0 Å². The molecule has 90 valence electrons. The average molecular weight is 239 g/mol. The minimum Gasteiger partial charge on any atom is -0.356 e. The van der Waals surface area contributed by atoms with Gasteiger partial charge in [0.25, 0.3) is 0 Å². The average Bonchev–Trinajstić information content (AvgIpc) is 2.77. The van der Waals surface area contributed by atoms with Crippen molar-refractivity contribution in [1.29, 1.82) is 5.26 Å². The third-order valence-corrected chi connectivity index (χ3v) is 3.45. The molecule has 1 atom stereocenters. The first-order chi connectivity index (χ1) is 8.79. The van der Waals surface area contributed by atoms with E-state index in [2.05, 4.69) is 11.2 Å². The Labute approximate surface area is 107 Å². The minimum absolute atomic E-state index is 0.0443. The van der Waals surface area contributed by atoms with Gasteiger partial charge >= 0.3 is 0 Å². The number of nitrogens with zero attached hydrogens (tertiary/aromatic N) is 3. The fraction of sp³-hybridized carbons (Fsp3) is 0.385. The number of nitriles is 1. The predicted molar refractivity (Wildman–Crippen MR) is 71.5 cm³/mol. The Kier molecular flexibility index (Phi) is 2.81. The number of ether oxygens (including phenoxy) is 1. The number of rotatable bonds is 1. The fourth-order valence-corrected chi connectivity index (χ4v) is 2.50. The third-order valence-electron chi connectivity index (χ3n) is 3.45. The molecule has 1 aromatic heterocycles. The van der Waals surface area contributed by atoms with Crippen molar-refractivity contribution in [2.45, 2.75) is 25.5 Å². The lowest BCUT2D eigenvalue weighted by molar-refractivity contribution is -0.0364. The van der Waals surface area contributed by atoms with Crippen molar-refractivity contribution in [3.05, 3.63) is 23.8 Å². The first kappa shape index (κ1) is 11.3. The lowest BCUT2D eigenvalue weighted by atomic mass is 9.99. The van der Waals surface area contributed by atoms with Crippen LogP contribution in [-0.4, -0.2) is 24.2 Å². The van der Waals surface area contributed by atoms with Gasteiger partial charge in [0, 0.05) is 17.6 Å². The second kappa shape index (κ2) is 4.47. The second-order valence-corrected chi connectivity index (χ2v) is 4.69. The monoisotopic (exact) mass is 239 g/mol. The summed E-state index contributed by atoms with van der Waals surface area (Å²) in [4.78, 5) is 0. The van der Waals surface area contributed by atoms with E-state index in [-0.39, 0.29) is 6.23 Å². The van der Waals surface area contributed by atoms with Crippen molar-refractivity contribution in [3.63, 3.8) is 0 Å². The van der Waals surface area contributed by atoms with Gasteiger partial charge in [0.05, 0.1) is 17.1 Å². The van der Waals surface area contributed by atoms with Crippen LogP contribution in [0.25, 0.3) is 10.9 Å². The van der Waals surface area contributed by atoms with E-state index in [0.717, 1.165) is 35.9 Å². The molecule has 2 aromatic rings. The zero-order valence-corrected chi connectivity index (χ0v) is 10.4. The molecule has 0 saturated carbocycles. The van der Waals surface area contributed by atoms with Gasteiger partial charge in [0.1, 0.15) is 0 Å². The molecular weight excluding hydrogens is 225 g/mol. The van der Waals surface area contributed by atoms with Crippen molar-refractivity contribution >= 4 is 24.3 Å². The highest BCUT2D eigenvalue weighted by Gasteiger charge is 2.19. The Balaban J connectivity index is 2.10. The number of aromatic nitrogens is 2. The van der Waals surface area contributed by atoms with E-state index in [1.165, 1.54) is 6.42 Å². The Morgan fingerprint density at radius 2 is 2.33 bits per heavy atom. The van der Waals surface area contributed by atoms with Crippen molar-refractivity contribution in [2.75, 3.05) is 6.61 Å². The van der Waals surface area contributed by atoms with Crippen LogP contribution in [0.1, 0.15) is 31.1 Å². The van der Waals surface area contributed by atoms with E-state index in [4.69, 9.17) is 10.00 Å². The van der Waals surface area contributed by atoms with Crippen LogP contribution < -0.4 is 5.59 Å². The van der Waals surface area contributed by atoms with Gasteiger partial charge in [-0.05, 0) is 37.5 Å². The topological polar surface area (TPSA) is 50.8 Å². The number of hydrogen-bond donors (Lipinski definition) is 0. The van der Waals surface area contributed by atoms with Crippen molar-refractivity contribution < 1.29 is 4.74 Å². The summed E-state index contributed by atoms with van der Waals surface area (Å²) < 4.78 is 7.74. The zero-order valence-electron chi connectivity index (χ0n) is 10.4. The van der Waals surface area contributed by atoms with Gasteiger partial charge in [0.2, 0.25) is 0 Å². The molecule has 0 aliphatic carbocycles. The van der Waals surface area contributed by atoms with Crippen molar-refractivity contribution in [2.24, 2.45) is 0 Å². The summed E-state index contributed by atoms with van der Waals surface area (Å²) in [5, 5.41) is 14.6. The largest absolute Gasteiger partial charge is 0.356 e. The molecule has 4 nitrogen and oxygen atoms in total.